The number of likely N-dealkylation sites (N-methyl/N-ethyl adjacent to an activating group) is 1. The van der Waals surface area contributed by atoms with Gasteiger partial charge >= 0.3 is 0 Å². The molecule has 1 aromatic carbocycles. The number of carbonyl (C=O) groups excluding carboxylic acids is 2. The van der Waals surface area contributed by atoms with Crippen molar-refractivity contribution in [3.63, 3.8) is 0 Å². The molecule has 0 radical (unpaired) electrons. The second-order valence-corrected chi connectivity index (χ2v) is 7.00. The second-order valence-electron chi connectivity index (χ2n) is 5.97. The van der Waals surface area contributed by atoms with Crippen molar-refractivity contribution in [1.29, 1.82) is 0 Å². The SMILES string of the molecule is Cc1ccnc(NC(=O)CN(C)CC(=O)Nc2nc3ccccc3s2)c1. The molecule has 0 saturated heterocycles. The van der Waals surface area contributed by atoms with Gasteiger partial charge in [0.2, 0.25) is 11.8 Å². The number of rotatable bonds is 6. The van der Waals surface area contributed by atoms with E-state index >= 15 is 0 Å². The van der Waals surface area contributed by atoms with Crippen LogP contribution in [0.3, 0.4) is 0 Å². The first-order valence-corrected chi connectivity index (χ1v) is 8.88. The van der Waals surface area contributed by atoms with Crippen LogP contribution in [0.5, 0.6) is 0 Å². The van der Waals surface area contributed by atoms with E-state index in [0.717, 1.165) is 15.8 Å². The number of aryl methyl sites for hydroxylation is 1. The van der Waals surface area contributed by atoms with Gasteiger partial charge < -0.3 is 10.6 Å². The zero-order valence-electron chi connectivity index (χ0n) is 14.5. The summed E-state index contributed by atoms with van der Waals surface area (Å²) in [5.41, 5.74) is 1.87. The third kappa shape index (κ3) is 4.84. The molecule has 2 N–H and O–H groups in total. The summed E-state index contributed by atoms with van der Waals surface area (Å²) in [5.74, 6) is 0.0637. The Balaban J connectivity index is 1.49. The molecule has 7 nitrogen and oxygen atoms in total. The number of benzene rings is 1. The highest BCUT2D eigenvalue weighted by Crippen LogP contribution is 2.25. The molecule has 0 fully saturated rings. The van der Waals surface area contributed by atoms with E-state index in [1.807, 2.05) is 37.3 Å². The minimum atomic E-state index is -0.224. The molecular weight excluding hydrogens is 350 g/mol. The van der Waals surface area contributed by atoms with E-state index in [2.05, 4.69) is 20.6 Å². The first-order valence-electron chi connectivity index (χ1n) is 8.06. The molecule has 3 aromatic rings. The third-order valence-corrected chi connectivity index (χ3v) is 4.50. The van der Waals surface area contributed by atoms with Crippen LogP contribution in [-0.2, 0) is 9.59 Å². The van der Waals surface area contributed by atoms with Crippen LogP contribution in [0.4, 0.5) is 10.9 Å². The molecule has 0 aliphatic rings. The van der Waals surface area contributed by atoms with Crippen LogP contribution in [0.1, 0.15) is 5.56 Å². The number of fused-ring (bicyclic) bond motifs is 1. The van der Waals surface area contributed by atoms with Crippen molar-refractivity contribution in [1.82, 2.24) is 14.9 Å². The number of hydrogen-bond donors (Lipinski definition) is 2. The first-order chi connectivity index (χ1) is 12.5. The minimum Gasteiger partial charge on any atom is -0.310 e. The zero-order chi connectivity index (χ0) is 18.5. The highest BCUT2D eigenvalue weighted by Gasteiger charge is 2.13. The minimum absolute atomic E-state index is 0.0862. The number of amides is 2. The van der Waals surface area contributed by atoms with E-state index in [1.165, 1.54) is 11.3 Å². The van der Waals surface area contributed by atoms with Gasteiger partial charge in [0.05, 0.1) is 23.3 Å². The maximum Gasteiger partial charge on any atom is 0.240 e. The molecule has 2 aromatic heterocycles. The molecule has 2 amide bonds. The molecule has 8 heteroatoms. The highest BCUT2D eigenvalue weighted by atomic mass is 32.1. The van der Waals surface area contributed by atoms with Gasteiger partial charge in [0, 0.05) is 6.20 Å². The molecule has 0 aliphatic carbocycles. The molecule has 0 spiro atoms. The molecular formula is C18H19N5O2S. The van der Waals surface area contributed by atoms with Crippen LogP contribution >= 0.6 is 11.3 Å². The lowest BCUT2D eigenvalue weighted by Crippen LogP contribution is -2.36. The Bertz CT molecular complexity index is 907. The Morgan fingerprint density at radius 1 is 1.12 bits per heavy atom. The molecule has 0 unspecified atom stereocenters. The fourth-order valence-corrected chi connectivity index (χ4v) is 3.30. The molecule has 2 heterocycles. The normalized spacial score (nSPS) is 10.9. The quantitative estimate of drug-likeness (QED) is 0.697. The molecule has 0 atom stereocenters. The van der Waals surface area contributed by atoms with E-state index in [-0.39, 0.29) is 24.9 Å². The Morgan fingerprint density at radius 3 is 2.58 bits per heavy atom. The van der Waals surface area contributed by atoms with Crippen LogP contribution in [0.15, 0.2) is 42.6 Å². The predicted molar refractivity (Wildman–Crippen MR) is 103 cm³/mol. The second kappa shape index (κ2) is 8.03. The molecule has 134 valence electrons. The lowest BCUT2D eigenvalue weighted by Gasteiger charge is -2.15. The smallest absolute Gasteiger partial charge is 0.240 e. The van der Waals surface area contributed by atoms with E-state index in [1.54, 1.807) is 24.2 Å². The largest absolute Gasteiger partial charge is 0.310 e. The lowest BCUT2D eigenvalue weighted by molar-refractivity contribution is -0.119. The van der Waals surface area contributed by atoms with Crippen molar-refractivity contribution in [2.24, 2.45) is 0 Å². The number of aromatic nitrogens is 2. The Morgan fingerprint density at radius 2 is 1.85 bits per heavy atom. The predicted octanol–water partition coefficient (Wildman–Crippen LogP) is 2.51. The van der Waals surface area contributed by atoms with Crippen LogP contribution in [0.2, 0.25) is 0 Å². The molecule has 26 heavy (non-hydrogen) atoms. The van der Waals surface area contributed by atoms with E-state index < -0.39 is 0 Å². The van der Waals surface area contributed by atoms with E-state index in [4.69, 9.17) is 0 Å². The molecule has 0 bridgehead atoms. The number of para-hydroxylation sites is 1. The Labute approximate surface area is 155 Å². The van der Waals surface area contributed by atoms with Crippen molar-refractivity contribution in [3.8, 4) is 0 Å². The van der Waals surface area contributed by atoms with Crippen molar-refractivity contribution in [2.45, 2.75) is 6.92 Å². The summed E-state index contributed by atoms with van der Waals surface area (Å²) in [6.07, 6.45) is 1.64. The van der Waals surface area contributed by atoms with Gasteiger partial charge in [-0.25, -0.2) is 9.97 Å². The van der Waals surface area contributed by atoms with E-state index in [9.17, 15) is 9.59 Å². The number of nitrogens with zero attached hydrogens (tertiary/aromatic N) is 3. The van der Waals surface area contributed by atoms with Gasteiger partial charge in [-0.15, -0.1) is 0 Å². The topological polar surface area (TPSA) is 87.2 Å². The fourth-order valence-electron chi connectivity index (χ4n) is 2.42. The molecule has 3 rings (SSSR count). The summed E-state index contributed by atoms with van der Waals surface area (Å²) in [4.78, 5) is 34.3. The standard InChI is InChI=1S/C18H19N5O2S/c1-12-7-8-19-15(9-12)21-16(24)10-23(2)11-17(25)22-18-20-13-5-3-4-6-14(13)26-18/h3-9H,10-11H2,1-2H3,(H,19,21,24)(H,20,22,25). The van der Waals surface area contributed by atoms with Gasteiger partial charge in [-0.1, -0.05) is 23.5 Å². The summed E-state index contributed by atoms with van der Waals surface area (Å²) in [5, 5.41) is 6.05. The van der Waals surface area contributed by atoms with Gasteiger partial charge in [0.15, 0.2) is 5.13 Å². The molecule has 0 saturated carbocycles. The van der Waals surface area contributed by atoms with E-state index in [0.29, 0.717) is 10.9 Å². The number of thiazole rings is 1. The zero-order valence-corrected chi connectivity index (χ0v) is 15.3. The molecule has 0 aliphatic heterocycles. The fraction of sp³-hybridized carbons (Fsp3) is 0.222. The summed E-state index contributed by atoms with van der Waals surface area (Å²) in [6.45, 7) is 2.10. The van der Waals surface area contributed by atoms with Gasteiger partial charge in [-0.3, -0.25) is 14.5 Å². The van der Waals surface area contributed by atoms with Crippen LogP contribution < -0.4 is 10.6 Å². The number of anilines is 2. The van der Waals surface area contributed by atoms with Gasteiger partial charge in [-0.2, -0.15) is 0 Å². The summed E-state index contributed by atoms with van der Waals surface area (Å²) < 4.78 is 1.01. The van der Waals surface area contributed by atoms with Crippen LogP contribution in [0.25, 0.3) is 10.2 Å². The highest BCUT2D eigenvalue weighted by molar-refractivity contribution is 7.22. The van der Waals surface area contributed by atoms with Gasteiger partial charge in [0.1, 0.15) is 5.82 Å². The maximum atomic E-state index is 12.2. The van der Waals surface area contributed by atoms with Crippen LogP contribution in [0, 0.1) is 6.92 Å². The Hall–Kier alpha value is -2.84. The average Bonchev–Trinajstić information content (AvgIpc) is 2.96. The maximum absolute atomic E-state index is 12.2. The number of carbonyl (C=O) groups is 2. The third-order valence-electron chi connectivity index (χ3n) is 3.55. The van der Waals surface area contributed by atoms with Crippen molar-refractivity contribution >= 4 is 44.3 Å². The summed E-state index contributed by atoms with van der Waals surface area (Å²) in [6, 6.07) is 11.3. The van der Waals surface area contributed by atoms with Gasteiger partial charge in [0.25, 0.3) is 0 Å². The number of nitrogens with one attached hydrogen (secondary N) is 2. The lowest BCUT2D eigenvalue weighted by atomic mass is 10.3. The number of hydrogen-bond acceptors (Lipinski definition) is 6. The van der Waals surface area contributed by atoms with Crippen molar-refractivity contribution < 1.29 is 9.59 Å². The average molecular weight is 369 g/mol. The first kappa shape index (κ1) is 18.0. The number of pyridine rings is 1. The Kier molecular flexibility index (Phi) is 5.55. The van der Waals surface area contributed by atoms with Crippen LogP contribution in [-0.4, -0.2) is 46.8 Å². The van der Waals surface area contributed by atoms with Crippen molar-refractivity contribution in [3.05, 3.63) is 48.2 Å². The monoisotopic (exact) mass is 369 g/mol. The van der Waals surface area contributed by atoms with Gasteiger partial charge in [-0.05, 0) is 43.8 Å². The summed E-state index contributed by atoms with van der Waals surface area (Å²) in [7, 11) is 1.71. The van der Waals surface area contributed by atoms with Crippen molar-refractivity contribution in [2.75, 3.05) is 30.8 Å². The summed E-state index contributed by atoms with van der Waals surface area (Å²) >= 11 is 1.42.